The van der Waals surface area contributed by atoms with E-state index < -0.39 is 5.60 Å². The van der Waals surface area contributed by atoms with E-state index in [-0.39, 0.29) is 0 Å². The first-order chi connectivity index (χ1) is 8.68. The highest BCUT2D eigenvalue weighted by atomic mass is 16.3. The average molecular weight is 238 g/mol. The lowest BCUT2D eigenvalue weighted by atomic mass is 9.87. The Morgan fingerprint density at radius 1 is 0.889 bits per heavy atom. The summed E-state index contributed by atoms with van der Waals surface area (Å²) in [4.78, 5) is 0. The molecule has 1 aliphatic carbocycles. The van der Waals surface area contributed by atoms with Gasteiger partial charge >= 0.3 is 0 Å². The third-order valence-electron chi connectivity index (χ3n) is 4.00. The number of fused-ring (bicyclic) bond motifs is 1. The van der Waals surface area contributed by atoms with E-state index in [0.717, 1.165) is 17.5 Å². The van der Waals surface area contributed by atoms with Gasteiger partial charge in [-0.05, 0) is 48.4 Å². The third-order valence-corrected chi connectivity index (χ3v) is 4.00. The van der Waals surface area contributed by atoms with Crippen LogP contribution in [0.5, 0.6) is 0 Å². The lowest BCUT2D eigenvalue weighted by Gasteiger charge is -2.25. The van der Waals surface area contributed by atoms with Gasteiger partial charge in [0.15, 0.2) is 0 Å². The molecule has 1 unspecified atom stereocenters. The molecule has 0 radical (unpaired) electrons. The molecule has 0 spiro atoms. The highest BCUT2D eigenvalue weighted by molar-refractivity contribution is 5.41. The summed E-state index contributed by atoms with van der Waals surface area (Å²) in [5, 5.41) is 10.8. The molecule has 92 valence electrons. The summed E-state index contributed by atoms with van der Waals surface area (Å²) in [6.07, 6.45) is 3.57. The van der Waals surface area contributed by atoms with Gasteiger partial charge in [0.05, 0.1) is 0 Å². The van der Waals surface area contributed by atoms with E-state index in [4.69, 9.17) is 0 Å². The summed E-state index contributed by atoms with van der Waals surface area (Å²) < 4.78 is 0. The van der Waals surface area contributed by atoms with Crippen molar-refractivity contribution >= 4 is 0 Å². The van der Waals surface area contributed by atoms with E-state index >= 15 is 0 Å². The fourth-order valence-corrected chi connectivity index (χ4v) is 2.80. The second-order valence-corrected chi connectivity index (χ2v) is 5.28. The topological polar surface area (TPSA) is 20.2 Å². The zero-order chi connectivity index (χ0) is 12.6. The first-order valence-corrected chi connectivity index (χ1v) is 6.58. The minimum absolute atomic E-state index is 0.904. The Morgan fingerprint density at radius 2 is 1.61 bits per heavy atom. The molecule has 2 aromatic carbocycles. The summed E-state index contributed by atoms with van der Waals surface area (Å²) >= 11 is 0. The Labute approximate surface area is 108 Å². The quantitative estimate of drug-likeness (QED) is 0.849. The van der Waals surface area contributed by atoms with Crippen LogP contribution in [0, 0.1) is 0 Å². The van der Waals surface area contributed by atoms with Crippen LogP contribution in [0.3, 0.4) is 0 Å². The highest BCUT2D eigenvalue weighted by Crippen LogP contribution is 2.32. The van der Waals surface area contributed by atoms with Gasteiger partial charge in [-0.1, -0.05) is 48.5 Å². The number of hydrogen-bond donors (Lipinski definition) is 1. The Morgan fingerprint density at radius 3 is 2.39 bits per heavy atom. The van der Waals surface area contributed by atoms with E-state index in [2.05, 4.69) is 18.2 Å². The minimum Gasteiger partial charge on any atom is -0.381 e. The first kappa shape index (κ1) is 11.5. The summed E-state index contributed by atoms with van der Waals surface area (Å²) in [5.41, 5.74) is 3.89. The Bertz CT molecular complexity index is 555. The third kappa shape index (κ3) is 1.85. The average Bonchev–Trinajstić information content (AvgIpc) is 2.87. The lowest BCUT2D eigenvalue weighted by Crippen LogP contribution is -2.22. The van der Waals surface area contributed by atoms with E-state index in [1.165, 1.54) is 24.0 Å². The fourth-order valence-electron chi connectivity index (χ4n) is 2.80. The van der Waals surface area contributed by atoms with Crippen LogP contribution < -0.4 is 0 Å². The monoisotopic (exact) mass is 238 g/mol. The van der Waals surface area contributed by atoms with Gasteiger partial charge in [-0.2, -0.15) is 0 Å². The van der Waals surface area contributed by atoms with E-state index in [1.807, 2.05) is 37.3 Å². The second-order valence-electron chi connectivity index (χ2n) is 5.28. The first-order valence-electron chi connectivity index (χ1n) is 6.58. The Kier molecular flexibility index (Phi) is 2.71. The van der Waals surface area contributed by atoms with Gasteiger partial charge in [0, 0.05) is 0 Å². The predicted molar refractivity (Wildman–Crippen MR) is 73.6 cm³/mol. The number of aliphatic hydroxyl groups is 1. The Balaban J connectivity index is 2.04. The number of rotatable bonds is 2. The summed E-state index contributed by atoms with van der Waals surface area (Å²) in [7, 11) is 0. The Hall–Kier alpha value is -1.60. The van der Waals surface area contributed by atoms with Crippen molar-refractivity contribution in [2.45, 2.75) is 31.8 Å². The molecule has 1 N–H and O–H groups in total. The van der Waals surface area contributed by atoms with Crippen LogP contribution >= 0.6 is 0 Å². The van der Waals surface area contributed by atoms with E-state index in [1.54, 1.807) is 0 Å². The summed E-state index contributed by atoms with van der Waals surface area (Å²) in [6.45, 7) is 1.87. The van der Waals surface area contributed by atoms with Gasteiger partial charge in [-0.25, -0.2) is 0 Å². The van der Waals surface area contributed by atoms with E-state index in [0.29, 0.717) is 0 Å². The van der Waals surface area contributed by atoms with Crippen LogP contribution in [0.1, 0.15) is 35.6 Å². The van der Waals surface area contributed by atoms with Crippen LogP contribution in [0.15, 0.2) is 48.5 Å². The smallest absolute Gasteiger partial charge is 0.112 e. The molecule has 3 rings (SSSR count). The van der Waals surface area contributed by atoms with Crippen molar-refractivity contribution in [2.24, 2.45) is 0 Å². The molecule has 0 aliphatic heterocycles. The molecule has 0 saturated carbocycles. The molecule has 1 nitrogen and oxygen atoms in total. The molecule has 0 heterocycles. The van der Waals surface area contributed by atoms with Crippen LogP contribution in [-0.4, -0.2) is 5.11 Å². The predicted octanol–water partition coefficient (Wildman–Crippen LogP) is 3.43. The maximum absolute atomic E-state index is 10.8. The fraction of sp³-hybridized carbons (Fsp3) is 0.294. The van der Waals surface area contributed by atoms with Crippen LogP contribution in [-0.2, 0) is 18.4 Å². The van der Waals surface area contributed by atoms with Gasteiger partial charge in [0.2, 0.25) is 0 Å². The van der Waals surface area contributed by atoms with Crippen molar-refractivity contribution < 1.29 is 5.11 Å². The largest absolute Gasteiger partial charge is 0.381 e. The zero-order valence-electron chi connectivity index (χ0n) is 10.7. The molecule has 1 aliphatic rings. The standard InChI is InChI=1S/C17H18O/c1-17(18,15-8-3-2-4-9-15)16-11-10-13-6-5-7-14(13)12-16/h2-4,8-12,18H,5-7H2,1H3. The van der Waals surface area contributed by atoms with Crippen molar-refractivity contribution in [3.05, 3.63) is 70.8 Å². The number of aryl methyl sites for hydroxylation is 2. The number of hydrogen-bond acceptors (Lipinski definition) is 1. The summed E-state index contributed by atoms with van der Waals surface area (Å²) in [5.74, 6) is 0. The van der Waals surface area contributed by atoms with Gasteiger partial charge in [-0.3, -0.25) is 0 Å². The lowest BCUT2D eigenvalue weighted by molar-refractivity contribution is 0.102. The van der Waals surface area contributed by atoms with Gasteiger partial charge in [0.1, 0.15) is 5.60 Å². The molecular weight excluding hydrogens is 220 g/mol. The minimum atomic E-state index is -0.904. The second kappa shape index (κ2) is 4.25. The molecule has 0 aromatic heterocycles. The normalized spacial score (nSPS) is 17.2. The van der Waals surface area contributed by atoms with Crippen molar-refractivity contribution in [1.82, 2.24) is 0 Å². The maximum Gasteiger partial charge on any atom is 0.112 e. The van der Waals surface area contributed by atoms with Crippen molar-refractivity contribution in [1.29, 1.82) is 0 Å². The zero-order valence-corrected chi connectivity index (χ0v) is 10.7. The molecule has 0 amide bonds. The molecule has 1 heteroatoms. The molecule has 2 aromatic rings. The van der Waals surface area contributed by atoms with Crippen molar-refractivity contribution in [3.63, 3.8) is 0 Å². The molecule has 18 heavy (non-hydrogen) atoms. The molecule has 0 bridgehead atoms. The SMILES string of the molecule is CC(O)(c1ccccc1)c1ccc2c(c1)CCC2. The molecular formula is C17H18O. The van der Waals surface area contributed by atoms with Crippen molar-refractivity contribution in [3.8, 4) is 0 Å². The van der Waals surface area contributed by atoms with Gasteiger partial charge in [0.25, 0.3) is 0 Å². The van der Waals surface area contributed by atoms with Crippen LogP contribution in [0.25, 0.3) is 0 Å². The number of benzene rings is 2. The van der Waals surface area contributed by atoms with Crippen molar-refractivity contribution in [2.75, 3.05) is 0 Å². The molecule has 0 saturated heterocycles. The summed E-state index contributed by atoms with van der Waals surface area (Å²) in [6, 6.07) is 16.3. The molecule has 1 atom stereocenters. The molecule has 0 fully saturated rings. The van der Waals surface area contributed by atoms with Gasteiger partial charge in [-0.15, -0.1) is 0 Å². The maximum atomic E-state index is 10.8. The highest BCUT2D eigenvalue weighted by Gasteiger charge is 2.26. The van der Waals surface area contributed by atoms with Crippen LogP contribution in [0.2, 0.25) is 0 Å². The van der Waals surface area contributed by atoms with Crippen LogP contribution in [0.4, 0.5) is 0 Å². The van der Waals surface area contributed by atoms with E-state index in [9.17, 15) is 5.11 Å². The van der Waals surface area contributed by atoms with Gasteiger partial charge < -0.3 is 5.11 Å².